The summed E-state index contributed by atoms with van der Waals surface area (Å²) >= 11 is 0. The average Bonchev–Trinajstić information content (AvgIpc) is 2.05. The van der Waals surface area contributed by atoms with Crippen molar-refractivity contribution in [3.63, 3.8) is 0 Å². The van der Waals surface area contributed by atoms with Crippen LogP contribution in [0.2, 0.25) is 0 Å². The van der Waals surface area contributed by atoms with Gasteiger partial charge in [0.25, 0.3) is 0 Å². The molecule has 0 heterocycles. The highest BCUT2D eigenvalue weighted by Crippen LogP contribution is 2.10. The fraction of sp³-hybridized carbons (Fsp3) is 0.333. The molecule has 0 fully saturated rings. The third-order valence-electron chi connectivity index (χ3n) is 1.51. The summed E-state index contributed by atoms with van der Waals surface area (Å²) in [6, 6.07) is 0. The quantitative estimate of drug-likeness (QED) is 0.629. The number of hydrogen-bond donors (Lipinski definition) is 1. The zero-order chi connectivity index (χ0) is 8.97. The molecule has 0 aliphatic heterocycles. The van der Waals surface area contributed by atoms with Gasteiger partial charge in [-0.15, -0.1) is 0 Å². The minimum atomic E-state index is -0.313. The molecule has 64 valence electrons. The lowest BCUT2D eigenvalue weighted by molar-refractivity contribution is -0.138. The zero-order valence-corrected chi connectivity index (χ0v) is 6.96. The Kier molecular flexibility index (Phi) is 2.80. The summed E-state index contributed by atoms with van der Waals surface area (Å²) in [5.41, 5.74) is 1.00. The van der Waals surface area contributed by atoms with Crippen molar-refractivity contribution >= 4 is 11.7 Å². The van der Waals surface area contributed by atoms with Gasteiger partial charge in [0.05, 0.1) is 6.61 Å². The molecule has 0 amide bonds. The Balaban J connectivity index is 2.63. The van der Waals surface area contributed by atoms with Gasteiger partial charge in [-0.05, 0) is 13.0 Å². The van der Waals surface area contributed by atoms with Crippen LogP contribution in [-0.2, 0) is 9.53 Å². The molecule has 0 radical (unpaired) electrons. The molecule has 3 heteroatoms. The normalized spacial score (nSPS) is 15.8. The number of nitrogens with one attached hydrogen (secondary N) is 1. The first kappa shape index (κ1) is 8.71. The van der Waals surface area contributed by atoms with Gasteiger partial charge in [0.15, 0.2) is 0 Å². The fourth-order valence-corrected chi connectivity index (χ4v) is 0.967. The Morgan fingerprint density at radius 3 is 3.08 bits per heavy atom. The second-order valence-electron chi connectivity index (χ2n) is 2.47. The molecule has 0 saturated heterocycles. The molecule has 1 rings (SSSR count). The van der Waals surface area contributed by atoms with E-state index < -0.39 is 0 Å². The molecule has 1 N–H and O–H groups in total. The highest BCUT2D eigenvalue weighted by molar-refractivity contribution is 6.03. The van der Waals surface area contributed by atoms with Crippen molar-refractivity contribution in [2.45, 2.75) is 13.3 Å². The Morgan fingerprint density at radius 2 is 2.50 bits per heavy atom. The van der Waals surface area contributed by atoms with Crippen molar-refractivity contribution in [3.8, 4) is 0 Å². The molecule has 0 spiro atoms. The Labute approximate surface area is 71.2 Å². The number of carbonyl (C=O) groups is 1. The molecule has 1 aliphatic rings. The van der Waals surface area contributed by atoms with Gasteiger partial charge < -0.3 is 10.1 Å². The van der Waals surface area contributed by atoms with Crippen LogP contribution < -0.4 is 0 Å². The molecule has 0 bridgehead atoms. The van der Waals surface area contributed by atoms with E-state index in [0.29, 0.717) is 24.3 Å². The molecule has 0 unspecified atom stereocenters. The molecular weight excluding hydrogens is 154 g/mol. The summed E-state index contributed by atoms with van der Waals surface area (Å²) in [7, 11) is 0. The van der Waals surface area contributed by atoms with E-state index in [0.717, 1.165) is 0 Å². The van der Waals surface area contributed by atoms with Gasteiger partial charge in [0.1, 0.15) is 0 Å². The molecule has 3 nitrogen and oxygen atoms in total. The summed E-state index contributed by atoms with van der Waals surface area (Å²) in [6.45, 7) is 2.15. The predicted molar refractivity (Wildman–Crippen MR) is 46.2 cm³/mol. The van der Waals surface area contributed by atoms with E-state index in [4.69, 9.17) is 10.1 Å². The number of rotatable bonds is 2. The van der Waals surface area contributed by atoms with Crippen molar-refractivity contribution in [1.82, 2.24) is 0 Å². The minimum Gasteiger partial charge on any atom is -0.463 e. The first-order chi connectivity index (χ1) is 5.74. The first-order valence-electron chi connectivity index (χ1n) is 3.86. The van der Waals surface area contributed by atoms with Crippen molar-refractivity contribution < 1.29 is 9.53 Å². The predicted octanol–water partition coefficient (Wildman–Crippen LogP) is 1.46. The maximum Gasteiger partial charge on any atom is 0.334 e. The molecular formula is C9H11NO2. The smallest absolute Gasteiger partial charge is 0.334 e. The lowest BCUT2D eigenvalue weighted by Gasteiger charge is -2.07. The molecule has 0 aromatic carbocycles. The van der Waals surface area contributed by atoms with Gasteiger partial charge in [-0.3, -0.25) is 0 Å². The van der Waals surface area contributed by atoms with Crippen LogP contribution in [-0.4, -0.2) is 18.3 Å². The van der Waals surface area contributed by atoms with Gasteiger partial charge in [-0.25, -0.2) is 4.79 Å². The van der Waals surface area contributed by atoms with E-state index in [1.807, 2.05) is 0 Å². The van der Waals surface area contributed by atoms with Crippen LogP contribution in [0.15, 0.2) is 23.8 Å². The zero-order valence-electron chi connectivity index (χ0n) is 6.96. The third kappa shape index (κ3) is 2.05. The molecule has 0 atom stereocenters. The van der Waals surface area contributed by atoms with Gasteiger partial charge in [0.2, 0.25) is 0 Å². The van der Waals surface area contributed by atoms with Gasteiger partial charge in [0, 0.05) is 17.7 Å². The topological polar surface area (TPSA) is 50.2 Å². The average molecular weight is 165 g/mol. The second-order valence-corrected chi connectivity index (χ2v) is 2.47. The number of esters is 1. The number of hydrogen-bond acceptors (Lipinski definition) is 3. The molecule has 0 saturated carbocycles. The lowest BCUT2D eigenvalue weighted by Crippen LogP contribution is -2.12. The summed E-state index contributed by atoms with van der Waals surface area (Å²) in [5.74, 6) is -0.313. The monoisotopic (exact) mass is 165 g/mol. The van der Waals surface area contributed by atoms with E-state index in [-0.39, 0.29) is 5.97 Å². The SMILES string of the molecule is CCOC(=O)C1=CC=CC(=N)C1. The van der Waals surface area contributed by atoms with E-state index in [2.05, 4.69) is 0 Å². The van der Waals surface area contributed by atoms with E-state index in [9.17, 15) is 4.79 Å². The van der Waals surface area contributed by atoms with Gasteiger partial charge >= 0.3 is 5.97 Å². The largest absolute Gasteiger partial charge is 0.463 e. The van der Waals surface area contributed by atoms with Crippen LogP contribution in [0.4, 0.5) is 0 Å². The second kappa shape index (κ2) is 3.85. The number of allylic oxidation sites excluding steroid dienone is 3. The molecule has 1 aliphatic carbocycles. The first-order valence-corrected chi connectivity index (χ1v) is 3.86. The maximum absolute atomic E-state index is 11.1. The summed E-state index contributed by atoms with van der Waals surface area (Å²) < 4.78 is 4.79. The van der Waals surface area contributed by atoms with E-state index >= 15 is 0 Å². The Bertz CT molecular complexity index is 264. The molecule has 0 aromatic heterocycles. The Hall–Kier alpha value is -1.38. The van der Waals surface area contributed by atoms with Gasteiger partial charge in [-0.1, -0.05) is 12.2 Å². The number of ether oxygens (including phenoxy) is 1. The highest BCUT2D eigenvalue weighted by Gasteiger charge is 2.12. The number of carbonyl (C=O) groups excluding carboxylic acids is 1. The molecule has 0 aromatic rings. The van der Waals surface area contributed by atoms with Crippen molar-refractivity contribution in [2.24, 2.45) is 0 Å². The van der Waals surface area contributed by atoms with E-state index in [1.165, 1.54) is 0 Å². The van der Waals surface area contributed by atoms with Crippen molar-refractivity contribution in [2.75, 3.05) is 6.61 Å². The van der Waals surface area contributed by atoms with Crippen LogP contribution in [0.3, 0.4) is 0 Å². The summed E-state index contributed by atoms with van der Waals surface area (Å²) in [6.07, 6.45) is 5.44. The summed E-state index contributed by atoms with van der Waals surface area (Å²) in [4.78, 5) is 11.1. The lowest BCUT2D eigenvalue weighted by atomic mass is 10.0. The van der Waals surface area contributed by atoms with Crippen molar-refractivity contribution in [3.05, 3.63) is 23.8 Å². The standard InChI is InChI=1S/C9H11NO2/c1-2-12-9(11)7-4-3-5-8(10)6-7/h3-5,10H,2,6H2,1H3. The fourth-order valence-electron chi connectivity index (χ4n) is 0.967. The van der Waals surface area contributed by atoms with Crippen LogP contribution in [0.1, 0.15) is 13.3 Å². The van der Waals surface area contributed by atoms with E-state index in [1.54, 1.807) is 25.2 Å². The third-order valence-corrected chi connectivity index (χ3v) is 1.51. The van der Waals surface area contributed by atoms with Crippen LogP contribution in [0.25, 0.3) is 0 Å². The van der Waals surface area contributed by atoms with Crippen LogP contribution in [0.5, 0.6) is 0 Å². The van der Waals surface area contributed by atoms with Crippen LogP contribution >= 0.6 is 0 Å². The van der Waals surface area contributed by atoms with Crippen molar-refractivity contribution in [1.29, 1.82) is 5.41 Å². The maximum atomic E-state index is 11.1. The molecule has 12 heavy (non-hydrogen) atoms. The minimum absolute atomic E-state index is 0.313. The van der Waals surface area contributed by atoms with Crippen LogP contribution in [0, 0.1) is 5.41 Å². The highest BCUT2D eigenvalue weighted by atomic mass is 16.5. The summed E-state index contributed by atoms with van der Waals surface area (Å²) in [5, 5.41) is 7.31. The Morgan fingerprint density at radius 1 is 1.75 bits per heavy atom. The van der Waals surface area contributed by atoms with Gasteiger partial charge in [-0.2, -0.15) is 0 Å².